The van der Waals surface area contributed by atoms with Crippen molar-refractivity contribution in [2.45, 2.75) is 38.2 Å². The van der Waals surface area contributed by atoms with Gasteiger partial charge in [-0.05, 0) is 44.0 Å². The van der Waals surface area contributed by atoms with E-state index in [0.717, 1.165) is 42.3 Å². The van der Waals surface area contributed by atoms with Crippen molar-refractivity contribution in [1.82, 2.24) is 9.88 Å². The molecule has 3 rings (SSSR count). The third kappa shape index (κ3) is 2.97. The van der Waals surface area contributed by atoms with Gasteiger partial charge in [-0.1, -0.05) is 18.9 Å². The van der Waals surface area contributed by atoms with Crippen molar-refractivity contribution in [1.29, 1.82) is 0 Å². The van der Waals surface area contributed by atoms with Crippen molar-refractivity contribution >= 4 is 16.8 Å². The van der Waals surface area contributed by atoms with Crippen LogP contribution in [-0.2, 0) is 0 Å². The number of nitrogens with zero attached hydrogens (tertiary/aromatic N) is 2. The lowest BCUT2D eigenvalue weighted by molar-refractivity contribution is 0.0157. The number of benzene rings is 1. The minimum absolute atomic E-state index is 0.0530. The second-order valence-electron chi connectivity index (χ2n) is 6.45. The molecule has 0 bridgehead atoms. The van der Waals surface area contributed by atoms with Crippen LogP contribution in [0, 0.1) is 6.92 Å². The van der Waals surface area contributed by atoms with E-state index in [9.17, 15) is 9.90 Å². The van der Waals surface area contributed by atoms with Crippen molar-refractivity contribution in [3.63, 3.8) is 0 Å². The summed E-state index contributed by atoms with van der Waals surface area (Å²) in [5.74, 6) is -0.0530. The van der Waals surface area contributed by atoms with Gasteiger partial charge in [-0.25, -0.2) is 0 Å². The first-order valence-corrected chi connectivity index (χ1v) is 7.82. The van der Waals surface area contributed by atoms with Crippen LogP contribution in [0.3, 0.4) is 0 Å². The first-order chi connectivity index (χ1) is 10.5. The van der Waals surface area contributed by atoms with E-state index in [1.807, 2.05) is 37.3 Å². The van der Waals surface area contributed by atoms with Crippen LogP contribution in [0.25, 0.3) is 10.9 Å². The highest BCUT2D eigenvalue weighted by Crippen LogP contribution is 2.30. The van der Waals surface area contributed by atoms with Gasteiger partial charge in [-0.15, -0.1) is 0 Å². The average Bonchev–Trinajstić information content (AvgIpc) is 2.92. The lowest BCUT2D eigenvalue weighted by atomic mass is 10.0. The Balaban J connectivity index is 1.80. The zero-order valence-electron chi connectivity index (χ0n) is 13.2. The maximum atomic E-state index is 12.6. The number of carbonyl (C=O) groups is 1. The van der Waals surface area contributed by atoms with Crippen LogP contribution in [0.15, 0.2) is 30.3 Å². The summed E-state index contributed by atoms with van der Waals surface area (Å²) in [6, 6.07) is 9.50. The molecule has 0 saturated heterocycles. The third-order valence-corrected chi connectivity index (χ3v) is 4.49. The second kappa shape index (κ2) is 5.69. The largest absolute Gasteiger partial charge is 0.388 e. The molecule has 0 unspecified atom stereocenters. The Bertz CT molecular complexity index is 705. The Labute approximate surface area is 130 Å². The van der Waals surface area contributed by atoms with Gasteiger partial charge >= 0.3 is 0 Å². The Kier molecular flexibility index (Phi) is 3.87. The molecular weight excluding hydrogens is 276 g/mol. The Hall–Kier alpha value is -1.94. The highest BCUT2D eigenvalue weighted by molar-refractivity contribution is 5.97. The highest BCUT2D eigenvalue weighted by atomic mass is 16.3. The molecule has 4 nitrogen and oxygen atoms in total. The minimum Gasteiger partial charge on any atom is -0.388 e. The molecule has 116 valence electrons. The van der Waals surface area contributed by atoms with E-state index >= 15 is 0 Å². The molecule has 22 heavy (non-hydrogen) atoms. The lowest BCUT2D eigenvalue weighted by Crippen LogP contribution is -2.42. The number of carbonyl (C=O) groups excluding carboxylic acids is 1. The fourth-order valence-electron chi connectivity index (χ4n) is 3.29. The lowest BCUT2D eigenvalue weighted by Gasteiger charge is -2.28. The van der Waals surface area contributed by atoms with E-state index in [-0.39, 0.29) is 5.91 Å². The molecule has 1 aliphatic carbocycles. The topological polar surface area (TPSA) is 53.4 Å². The molecule has 4 heteroatoms. The Morgan fingerprint density at radius 2 is 2.00 bits per heavy atom. The molecule has 1 saturated carbocycles. The van der Waals surface area contributed by atoms with Crippen molar-refractivity contribution in [2.24, 2.45) is 0 Å². The summed E-state index contributed by atoms with van der Waals surface area (Å²) in [6.45, 7) is 2.35. The fraction of sp³-hybridized carbons (Fsp3) is 0.444. The number of likely N-dealkylation sites (N-methyl/N-ethyl adjacent to an activating group) is 1. The van der Waals surface area contributed by atoms with Crippen LogP contribution >= 0.6 is 0 Å². The van der Waals surface area contributed by atoms with E-state index in [4.69, 9.17) is 0 Å². The average molecular weight is 298 g/mol. The molecule has 1 aromatic carbocycles. The van der Waals surface area contributed by atoms with Gasteiger partial charge in [0.1, 0.15) is 0 Å². The quantitative estimate of drug-likeness (QED) is 0.948. The number of amides is 1. The van der Waals surface area contributed by atoms with E-state index in [1.54, 1.807) is 11.9 Å². The smallest absolute Gasteiger partial charge is 0.253 e. The number of aryl methyl sites for hydroxylation is 1. The normalized spacial score (nSPS) is 16.9. The molecule has 0 atom stereocenters. The summed E-state index contributed by atoms with van der Waals surface area (Å²) in [5.41, 5.74) is 1.79. The molecule has 1 N–H and O–H groups in total. The molecule has 2 aromatic rings. The predicted molar refractivity (Wildman–Crippen MR) is 86.9 cm³/mol. The molecular formula is C18H22N2O2. The van der Waals surface area contributed by atoms with Gasteiger partial charge in [-0.2, -0.15) is 0 Å². The number of pyridine rings is 1. The van der Waals surface area contributed by atoms with Crippen LogP contribution in [0.1, 0.15) is 41.7 Å². The van der Waals surface area contributed by atoms with E-state index < -0.39 is 5.60 Å². The van der Waals surface area contributed by atoms with Gasteiger partial charge in [0.2, 0.25) is 0 Å². The van der Waals surface area contributed by atoms with Crippen LogP contribution in [0.5, 0.6) is 0 Å². The molecule has 0 aliphatic heterocycles. The molecule has 1 heterocycles. The molecule has 1 aromatic heterocycles. The first kappa shape index (κ1) is 15.0. The highest BCUT2D eigenvalue weighted by Gasteiger charge is 2.33. The Morgan fingerprint density at radius 3 is 2.73 bits per heavy atom. The number of fused-ring (bicyclic) bond motifs is 1. The van der Waals surface area contributed by atoms with Crippen LogP contribution in [0.4, 0.5) is 0 Å². The van der Waals surface area contributed by atoms with Crippen molar-refractivity contribution in [2.75, 3.05) is 13.6 Å². The number of hydrogen-bond donors (Lipinski definition) is 1. The van der Waals surface area contributed by atoms with Gasteiger partial charge in [0.15, 0.2) is 0 Å². The second-order valence-corrected chi connectivity index (χ2v) is 6.45. The molecule has 1 amide bonds. The molecule has 1 fully saturated rings. The zero-order valence-corrected chi connectivity index (χ0v) is 13.2. The van der Waals surface area contributed by atoms with E-state index in [2.05, 4.69) is 4.98 Å². The monoisotopic (exact) mass is 298 g/mol. The van der Waals surface area contributed by atoms with Crippen molar-refractivity contribution in [3.05, 3.63) is 41.6 Å². The predicted octanol–water partition coefficient (Wildman–Crippen LogP) is 2.92. The summed E-state index contributed by atoms with van der Waals surface area (Å²) >= 11 is 0. The first-order valence-electron chi connectivity index (χ1n) is 7.82. The van der Waals surface area contributed by atoms with Gasteiger partial charge < -0.3 is 10.0 Å². The van der Waals surface area contributed by atoms with E-state index in [0.29, 0.717) is 12.1 Å². The zero-order chi connectivity index (χ0) is 15.7. The summed E-state index contributed by atoms with van der Waals surface area (Å²) in [6.07, 6.45) is 3.65. The maximum absolute atomic E-state index is 12.6. The van der Waals surface area contributed by atoms with Gasteiger partial charge in [-0.3, -0.25) is 9.78 Å². The number of aromatic nitrogens is 1. The third-order valence-electron chi connectivity index (χ3n) is 4.49. The number of aliphatic hydroxyl groups is 1. The van der Waals surface area contributed by atoms with Gasteiger partial charge in [0.05, 0.1) is 11.1 Å². The van der Waals surface area contributed by atoms with Crippen LogP contribution < -0.4 is 0 Å². The van der Waals surface area contributed by atoms with Crippen LogP contribution in [0.2, 0.25) is 0 Å². The number of rotatable bonds is 3. The SMILES string of the molecule is Cc1ccc2cc(C(=O)N(C)CC3(O)CCCC3)ccc2n1. The summed E-state index contributed by atoms with van der Waals surface area (Å²) in [4.78, 5) is 18.7. The standard InChI is InChI=1S/C18H22N2O2/c1-13-5-6-14-11-15(7-8-16(14)19-13)17(21)20(2)12-18(22)9-3-4-10-18/h5-8,11,22H,3-4,9-10,12H2,1-2H3. The van der Waals surface area contributed by atoms with Gasteiger partial charge in [0, 0.05) is 30.2 Å². The fourth-order valence-corrected chi connectivity index (χ4v) is 3.29. The number of hydrogen-bond acceptors (Lipinski definition) is 3. The van der Waals surface area contributed by atoms with Crippen molar-refractivity contribution < 1.29 is 9.90 Å². The maximum Gasteiger partial charge on any atom is 0.253 e. The Morgan fingerprint density at radius 1 is 1.27 bits per heavy atom. The summed E-state index contributed by atoms with van der Waals surface area (Å²) in [5, 5.41) is 11.4. The minimum atomic E-state index is -0.708. The van der Waals surface area contributed by atoms with E-state index in [1.165, 1.54) is 0 Å². The molecule has 0 spiro atoms. The van der Waals surface area contributed by atoms with Gasteiger partial charge in [0.25, 0.3) is 5.91 Å². The summed E-state index contributed by atoms with van der Waals surface area (Å²) in [7, 11) is 1.76. The molecule has 0 radical (unpaired) electrons. The van der Waals surface area contributed by atoms with Crippen LogP contribution in [-0.4, -0.2) is 40.1 Å². The molecule has 1 aliphatic rings. The van der Waals surface area contributed by atoms with Crippen molar-refractivity contribution in [3.8, 4) is 0 Å². The summed E-state index contributed by atoms with van der Waals surface area (Å²) < 4.78 is 0.